The van der Waals surface area contributed by atoms with Crippen LogP contribution < -0.4 is 9.64 Å². The van der Waals surface area contributed by atoms with Crippen molar-refractivity contribution in [1.29, 1.82) is 0 Å². The average Bonchev–Trinajstić information content (AvgIpc) is 2.74. The summed E-state index contributed by atoms with van der Waals surface area (Å²) >= 11 is 0. The van der Waals surface area contributed by atoms with Crippen molar-refractivity contribution in [3.05, 3.63) is 18.3 Å². The van der Waals surface area contributed by atoms with Gasteiger partial charge >= 0.3 is 5.97 Å². The largest absolute Gasteiger partial charge is 0.481 e. The SMILES string of the molecule is COc1cc(N2CCC(C)(C(=O)O)C2)ccn1. The van der Waals surface area contributed by atoms with E-state index in [4.69, 9.17) is 4.74 Å². The summed E-state index contributed by atoms with van der Waals surface area (Å²) in [5, 5.41) is 9.17. The normalized spacial score (nSPS) is 23.8. The first-order valence-corrected chi connectivity index (χ1v) is 5.53. The standard InChI is InChI=1S/C12H16N2O3/c1-12(11(15)16)4-6-14(8-12)9-3-5-13-10(7-9)17-2/h3,5,7H,4,6,8H2,1-2H3,(H,15,16). The Bertz CT molecular complexity index is 436. The molecule has 1 aliphatic heterocycles. The molecule has 2 heterocycles. The number of rotatable bonds is 3. The van der Waals surface area contributed by atoms with E-state index in [0.29, 0.717) is 18.8 Å². The van der Waals surface area contributed by atoms with Crippen LogP contribution in [0.1, 0.15) is 13.3 Å². The molecule has 0 amide bonds. The van der Waals surface area contributed by atoms with Crippen LogP contribution in [0.2, 0.25) is 0 Å². The van der Waals surface area contributed by atoms with Gasteiger partial charge in [0.05, 0.1) is 12.5 Å². The Balaban J connectivity index is 2.17. The maximum atomic E-state index is 11.2. The minimum atomic E-state index is -0.735. The molecule has 17 heavy (non-hydrogen) atoms. The Kier molecular flexibility index (Phi) is 2.92. The third kappa shape index (κ3) is 2.18. The predicted octanol–water partition coefficient (Wildman–Crippen LogP) is 1.39. The Labute approximate surface area is 100 Å². The number of carboxylic acids is 1. The summed E-state index contributed by atoms with van der Waals surface area (Å²) < 4.78 is 5.06. The Morgan fingerprint density at radius 2 is 2.41 bits per heavy atom. The van der Waals surface area contributed by atoms with Crippen LogP contribution >= 0.6 is 0 Å². The number of methoxy groups -OCH3 is 1. The lowest BCUT2D eigenvalue weighted by molar-refractivity contribution is -0.146. The second-order valence-electron chi connectivity index (χ2n) is 4.59. The van der Waals surface area contributed by atoms with Crippen molar-refractivity contribution < 1.29 is 14.6 Å². The number of aromatic nitrogens is 1. The summed E-state index contributed by atoms with van der Waals surface area (Å²) in [6, 6.07) is 3.70. The van der Waals surface area contributed by atoms with Gasteiger partial charge in [0.1, 0.15) is 0 Å². The van der Waals surface area contributed by atoms with E-state index in [2.05, 4.69) is 9.88 Å². The molecule has 1 atom stereocenters. The van der Waals surface area contributed by atoms with Gasteiger partial charge in [0.2, 0.25) is 5.88 Å². The van der Waals surface area contributed by atoms with Crippen molar-refractivity contribution in [3.63, 3.8) is 0 Å². The van der Waals surface area contributed by atoms with E-state index in [1.165, 1.54) is 0 Å². The highest BCUT2D eigenvalue weighted by Gasteiger charge is 2.40. The van der Waals surface area contributed by atoms with Gasteiger partial charge in [0.15, 0.2) is 0 Å². The molecule has 0 spiro atoms. The van der Waals surface area contributed by atoms with Gasteiger partial charge in [-0.05, 0) is 19.4 Å². The molecule has 1 unspecified atom stereocenters. The minimum Gasteiger partial charge on any atom is -0.481 e. The lowest BCUT2D eigenvalue weighted by Gasteiger charge is -2.21. The average molecular weight is 236 g/mol. The first kappa shape index (κ1) is 11.7. The van der Waals surface area contributed by atoms with E-state index in [0.717, 1.165) is 12.2 Å². The molecule has 0 aliphatic carbocycles. The predicted molar refractivity (Wildman–Crippen MR) is 63.4 cm³/mol. The zero-order valence-electron chi connectivity index (χ0n) is 10.0. The first-order chi connectivity index (χ1) is 8.05. The number of ether oxygens (including phenoxy) is 1. The van der Waals surface area contributed by atoms with Crippen LogP contribution in [-0.4, -0.2) is 36.3 Å². The van der Waals surface area contributed by atoms with Crippen LogP contribution in [0.3, 0.4) is 0 Å². The Hall–Kier alpha value is -1.78. The van der Waals surface area contributed by atoms with Gasteiger partial charge in [0.25, 0.3) is 0 Å². The molecule has 5 nitrogen and oxygen atoms in total. The van der Waals surface area contributed by atoms with E-state index in [-0.39, 0.29) is 0 Å². The molecule has 92 valence electrons. The molecule has 0 saturated carbocycles. The Morgan fingerprint density at radius 1 is 1.65 bits per heavy atom. The smallest absolute Gasteiger partial charge is 0.311 e. The third-order valence-corrected chi connectivity index (χ3v) is 3.28. The number of nitrogens with zero attached hydrogens (tertiary/aromatic N) is 2. The molecule has 1 aromatic rings. The zero-order valence-corrected chi connectivity index (χ0v) is 10.0. The number of carbonyl (C=O) groups is 1. The molecule has 1 N–H and O–H groups in total. The third-order valence-electron chi connectivity index (χ3n) is 3.28. The number of hydrogen-bond acceptors (Lipinski definition) is 4. The second kappa shape index (κ2) is 4.24. The number of hydrogen-bond donors (Lipinski definition) is 1. The van der Waals surface area contributed by atoms with Crippen LogP contribution in [0.15, 0.2) is 18.3 Å². The van der Waals surface area contributed by atoms with Gasteiger partial charge in [-0.3, -0.25) is 4.79 Å². The molecule has 1 aliphatic rings. The highest BCUT2D eigenvalue weighted by molar-refractivity contribution is 5.76. The molecule has 1 aromatic heterocycles. The fourth-order valence-electron chi connectivity index (χ4n) is 2.06. The highest BCUT2D eigenvalue weighted by atomic mass is 16.5. The second-order valence-corrected chi connectivity index (χ2v) is 4.59. The monoisotopic (exact) mass is 236 g/mol. The molecule has 1 fully saturated rings. The molecular formula is C12H16N2O3. The quantitative estimate of drug-likeness (QED) is 0.859. The van der Waals surface area contributed by atoms with Crippen LogP contribution in [0.5, 0.6) is 5.88 Å². The van der Waals surface area contributed by atoms with Crippen molar-refractivity contribution in [2.24, 2.45) is 5.41 Å². The topological polar surface area (TPSA) is 62.7 Å². The molecular weight excluding hydrogens is 220 g/mol. The molecule has 0 bridgehead atoms. The van der Waals surface area contributed by atoms with Crippen molar-refractivity contribution in [2.75, 3.05) is 25.1 Å². The van der Waals surface area contributed by atoms with Gasteiger partial charge in [-0.1, -0.05) is 0 Å². The van der Waals surface area contributed by atoms with E-state index in [9.17, 15) is 9.90 Å². The van der Waals surface area contributed by atoms with Crippen LogP contribution in [0, 0.1) is 5.41 Å². The maximum absolute atomic E-state index is 11.2. The van der Waals surface area contributed by atoms with Gasteiger partial charge < -0.3 is 14.7 Å². The maximum Gasteiger partial charge on any atom is 0.311 e. The fraction of sp³-hybridized carbons (Fsp3) is 0.500. The van der Waals surface area contributed by atoms with Crippen molar-refractivity contribution in [1.82, 2.24) is 4.98 Å². The van der Waals surface area contributed by atoms with Crippen LogP contribution in [0.25, 0.3) is 0 Å². The highest BCUT2D eigenvalue weighted by Crippen LogP contribution is 2.33. The summed E-state index contributed by atoms with van der Waals surface area (Å²) in [7, 11) is 1.57. The first-order valence-electron chi connectivity index (χ1n) is 5.53. The van der Waals surface area contributed by atoms with Gasteiger partial charge in [0, 0.05) is 31.0 Å². The van der Waals surface area contributed by atoms with Gasteiger partial charge in [-0.25, -0.2) is 4.98 Å². The van der Waals surface area contributed by atoms with Gasteiger partial charge in [-0.2, -0.15) is 0 Å². The summed E-state index contributed by atoms with van der Waals surface area (Å²) in [6.45, 7) is 3.05. The molecule has 5 heteroatoms. The number of aliphatic carboxylic acids is 1. The number of pyridine rings is 1. The van der Waals surface area contributed by atoms with E-state index in [1.807, 2.05) is 12.1 Å². The minimum absolute atomic E-state index is 0.523. The molecule has 0 radical (unpaired) electrons. The summed E-state index contributed by atoms with van der Waals surface area (Å²) in [5.74, 6) is -0.188. The zero-order chi connectivity index (χ0) is 12.5. The molecule has 2 rings (SSSR count). The van der Waals surface area contributed by atoms with Crippen molar-refractivity contribution in [2.45, 2.75) is 13.3 Å². The Morgan fingerprint density at radius 3 is 3.00 bits per heavy atom. The van der Waals surface area contributed by atoms with E-state index >= 15 is 0 Å². The lowest BCUT2D eigenvalue weighted by Crippen LogP contribution is -2.31. The van der Waals surface area contributed by atoms with Gasteiger partial charge in [-0.15, -0.1) is 0 Å². The van der Waals surface area contributed by atoms with E-state index < -0.39 is 11.4 Å². The summed E-state index contributed by atoms with van der Waals surface area (Å²) in [4.78, 5) is 17.2. The summed E-state index contributed by atoms with van der Waals surface area (Å²) in [6.07, 6.45) is 2.33. The summed E-state index contributed by atoms with van der Waals surface area (Å²) in [5.41, 5.74) is 0.304. The van der Waals surface area contributed by atoms with Crippen molar-refractivity contribution >= 4 is 11.7 Å². The number of anilines is 1. The number of carboxylic acid groups (broad SMARTS) is 1. The molecule has 0 aromatic carbocycles. The van der Waals surface area contributed by atoms with Crippen LogP contribution in [-0.2, 0) is 4.79 Å². The van der Waals surface area contributed by atoms with Crippen molar-refractivity contribution in [3.8, 4) is 5.88 Å². The fourth-order valence-corrected chi connectivity index (χ4v) is 2.06. The van der Waals surface area contributed by atoms with E-state index in [1.54, 1.807) is 20.2 Å². The van der Waals surface area contributed by atoms with Crippen LogP contribution in [0.4, 0.5) is 5.69 Å². The lowest BCUT2D eigenvalue weighted by atomic mass is 9.90. The molecule has 1 saturated heterocycles.